The highest BCUT2D eigenvalue weighted by Gasteiger charge is 2.46. The van der Waals surface area contributed by atoms with Gasteiger partial charge in [0.1, 0.15) is 0 Å². The Morgan fingerprint density at radius 3 is 1.67 bits per heavy atom. The topological polar surface area (TPSA) is 61.2 Å². The van der Waals surface area contributed by atoms with E-state index in [1.165, 1.54) is 0 Å². The minimum Gasteiger partial charge on any atom is -0.504 e. The monoisotopic (exact) mass is 235 g/mol. The van der Waals surface area contributed by atoms with E-state index in [-0.39, 0.29) is 0 Å². The summed E-state index contributed by atoms with van der Waals surface area (Å²) in [7, 11) is 0. The van der Waals surface area contributed by atoms with Crippen LogP contribution in [0.1, 0.15) is 0 Å². The Morgan fingerprint density at radius 1 is 1.07 bits per heavy atom. The van der Waals surface area contributed by atoms with Crippen LogP contribution in [-0.4, -0.2) is 29.5 Å². The van der Waals surface area contributed by atoms with Gasteiger partial charge < -0.3 is 10.5 Å². The molecule has 0 saturated carbocycles. The van der Waals surface area contributed by atoms with Gasteiger partial charge in [0, 0.05) is 6.21 Å². The van der Waals surface area contributed by atoms with E-state index >= 15 is 0 Å². The highest BCUT2D eigenvalue weighted by Crippen LogP contribution is 2.29. The first kappa shape index (κ1) is 13.5. The molecular weight excluding hydrogens is 232 g/mol. The van der Waals surface area contributed by atoms with E-state index in [4.69, 9.17) is 10.5 Å². The molecule has 0 saturated heterocycles. The molecule has 0 aromatic rings. The van der Waals surface area contributed by atoms with Crippen molar-refractivity contribution >= 4 is 12.0 Å². The van der Waals surface area contributed by atoms with Crippen molar-refractivity contribution in [2.24, 2.45) is 0 Å². The number of carbonyl (C=O) groups excluding carboxylic acids is 1. The van der Waals surface area contributed by atoms with Crippen molar-refractivity contribution in [2.75, 3.05) is 0 Å². The molecule has 0 heterocycles. The number of nitrogens with one attached hydrogen (secondary N) is 1. The van der Waals surface area contributed by atoms with Crippen molar-refractivity contribution < 1.29 is 36.2 Å². The first-order valence-electron chi connectivity index (χ1n) is 3.14. The second-order valence-electron chi connectivity index (χ2n) is 2.23. The zero-order chi connectivity index (χ0) is 12.4. The van der Waals surface area contributed by atoms with Gasteiger partial charge in [-0.05, 0) is 0 Å². The summed E-state index contributed by atoms with van der Waals surface area (Å²) in [6, 6.07) is 0. The average molecular weight is 235 g/mol. The van der Waals surface area contributed by atoms with Gasteiger partial charge in [0.15, 0.2) is 0 Å². The van der Waals surface area contributed by atoms with E-state index in [0.717, 1.165) is 0 Å². The van der Waals surface area contributed by atoms with Gasteiger partial charge in [-0.25, -0.2) is 0 Å². The van der Waals surface area contributed by atoms with Crippen molar-refractivity contribution in [3.8, 4) is 0 Å². The van der Waals surface area contributed by atoms with Crippen LogP contribution in [0.15, 0.2) is 11.3 Å². The zero-order valence-corrected chi connectivity index (χ0v) is 6.70. The molecule has 0 amide bonds. The fourth-order valence-corrected chi connectivity index (χ4v) is 0.547. The van der Waals surface area contributed by atoms with Gasteiger partial charge in [-0.2, -0.15) is 26.3 Å². The van der Waals surface area contributed by atoms with E-state index in [1.54, 1.807) is 0 Å². The predicted octanol–water partition coefficient (Wildman–Crippen LogP) is 2.14. The Kier molecular flexibility index (Phi) is 3.51. The lowest BCUT2D eigenvalue weighted by atomic mass is 10.1. The average Bonchev–Trinajstić information content (AvgIpc) is 2.01. The van der Waals surface area contributed by atoms with Crippen LogP contribution in [0, 0.1) is 5.41 Å². The van der Waals surface area contributed by atoms with Gasteiger partial charge in [0.05, 0.1) is 5.57 Å². The summed E-state index contributed by atoms with van der Waals surface area (Å²) in [5, 5.41) is 14.5. The molecular formula is C6H3F6NO2. The molecule has 0 fully saturated rings. The van der Waals surface area contributed by atoms with Crippen molar-refractivity contribution in [1.82, 2.24) is 0 Å². The third-order valence-corrected chi connectivity index (χ3v) is 1.17. The van der Waals surface area contributed by atoms with Crippen LogP contribution < -0.4 is 0 Å². The predicted molar refractivity (Wildman–Crippen MR) is 35.6 cm³/mol. The third-order valence-electron chi connectivity index (χ3n) is 1.17. The van der Waals surface area contributed by atoms with Crippen molar-refractivity contribution in [3.05, 3.63) is 11.3 Å². The summed E-state index contributed by atoms with van der Waals surface area (Å²) < 4.78 is 70.1. The fourth-order valence-electron chi connectivity index (χ4n) is 0.547. The first-order chi connectivity index (χ1) is 6.51. The summed E-state index contributed by atoms with van der Waals surface area (Å²) >= 11 is 0. The maximum absolute atomic E-state index is 11.7. The molecule has 0 aliphatic carbocycles. The SMILES string of the molecule is N=CC(C(=O)C(F)(F)F)=C(O)C(F)(F)F. The van der Waals surface area contributed by atoms with Crippen LogP contribution >= 0.6 is 0 Å². The summed E-state index contributed by atoms with van der Waals surface area (Å²) in [4.78, 5) is 10.3. The second kappa shape index (κ2) is 3.91. The van der Waals surface area contributed by atoms with Gasteiger partial charge in [-0.3, -0.25) is 4.79 Å². The lowest BCUT2D eigenvalue weighted by Gasteiger charge is -2.10. The lowest BCUT2D eigenvalue weighted by Crippen LogP contribution is -2.29. The smallest absolute Gasteiger partial charge is 0.455 e. The normalized spacial score (nSPS) is 14.5. The van der Waals surface area contributed by atoms with Crippen molar-refractivity contribution in [1.29, 1.82) is 5.41 Å². The number of ketones is 1. The number of alkyl halides is 6. The summed E-state index contributed by atoms with van der Waals surface area (Å²) in [6.45, 7) is 0. The van der Waals surface area contributed by atoms with Crippen LogP contribution in [0.3, 0.4) is 0 Å². The lowest BCUT2D eigenvalue weighted by molar-refractivity contribution is -0.167. The Balaban J connectivity index is 5.45. The number of allylic oxidation sites excluding steroid dienone is 2. The summed E-state index contributed by atoms with van der Waals surface area (Å²) in [5.74, 6) is -5.66. The minimum absolute atomic E-state index is 0.501. The third kappa shape index (κ3) is 3.26. The molecule has 0 atom stereocenters. The highest BCUT2D eigenvalue weighted by molar-refractivity contribution is 6.15. The molecule has 0 aromatic heterocycles. The Morgan fingerprint density at radius 2 is 1.47 bits per heavy atom. The van der Waals surface area contributed by atoms with Gasteiger partial charge in [0.25, 0.3) is 5.78 Å². The molecule has 2 N–H and O–H groups in total. The molecule has 3 nitrogen and oxygen atoms in total. The van der Waals surface area contributed by atoms with Crippen molar-refractivity contribution in [3.63, 3.8) is 0 Å². The van der Waals surface area contributed by atoms with Crippen LogP contribution in [0.25, 0.3) is 0 Å². The first-order valence-corrected chi connectivity index (χ1v) is 3.14. The Hall–Kier alpha value is -1.54. The van der Waals surface area contributed by atoms with Crippen LogP contribution in [0.5, 0.6) is 0 Å². The molecule has 15 heavy (non-hydrogen) atoms. The molecule has 0 radical (unpaired) electrons. The maximum atomic E-state index is 11.7. The van der Waals surface area contributed by atoms with Gasteiger partial charge in [0.2, 0.25) is 5.76 Å². The summed E-state index contributed by atoms with van der Waals surface area (Å²) in [6.07, 6.45) is -11.6. The van der Waals surface area contributed by atoms with E-state index < -0.39 is 35.7 Å². The van der Waals surface area contributed by atoms with E-state index in [9.17, 15) is 31.1 Å². The Labute approximate surface area is 78.5 Å². The molecule has 0 aromatic carbocycles. The Bertz CT molecular complexity index is 313. The second-order valence-corrected chi connectivity index (χ2v) is 2.23. The molecule has 0 rings (SSSR count). The number of carbonyl (C=O) groups is 1. The number of aliphatic hydroxyl groups excluding tert-OH is 1. The number of aliphatic hydroxyl groups is 1. The van der Waals surface area contributed by atoms with Crippen molar-refractivity contribution in [2.45, 2.75) is 12.4 Å². The number of rotatable bonds is 2. The van der Waals surface area contributed by atoms with Gasteiger partial charge in [-0.1, -0.05) is 0 Å². The molecule has 86 valence electrons. The standard InChI is InChI=1S/C6H3F6NO2/c7-5(8,9)3(14)2(1-13)4(15)6(10,11)12/h1,13-14H. The van der Waals surface area contributed by atoms with Crippen LogP contribution in [-0.2, 0) is 4.79 Å². The van der Waals surface area contributed by atoms with E-state index in [2.05, 4.69) is 0 Å². The number of halogens is 6. The molecule has 0 aliphatic heterocycles. The minimum atomic E-state index is -5.58. The molecule has 9 heteroatoms. The number of Topliss-reactive ketones (excluding diaryl/α,β-unsaturated/α-hetero) is 1. The molecule has 0 spiro atoms. The molecule has 0 unspecified atom stereocenters. The summed E-state index contributed by atoms with van der Waals surface area (Å²) in [5.41, 5.74) is -2.14. The number of hydrogen-bond donors (Lipinski definition) is 2. The maximum Gasteiger partial charge on any atom is 0.455 e. The van der Waals surface area contributed by atoms with Crippen LogP contribution in [0.4, 0.5) is 26.3 Å². The molecule has 0 aliphatic rings. The van der Waals surface area contributed by atoms with Gasteiger partial charge >= 0.3 is 12.4 Å². The van der Waals surface area contributed by atoms with E-state index in [0.29, 0.717) is 0 Å². The van der Waals surface area contributed by atoms with Crippen LogP contribution in [0.2, 0.25) is 0 Å². The largest absolute Gasteiger partial charge is 0.504 e. The quantitative estimate of drug-likeness (QED) is 0.333. The zero-order valence-electron chi connectivity index (χ0n) is 6.70. The van der Waals surface area contributed by atoms with Gasteiger partial charge in [-0.15, -0.1) is 0 Å². The highest BCUT2D eigenvalue weighted by atomic mass is 19.4. The molecule has 0 bridgehead atoms. The number of hydrogen-bond acceptors (Lipinski definition) is 3. The fraction of sp³-hybridized carbons (Fsp3) is 0.333. The van der Waals surface area contributed by atoms with E-state index in [1.807, 2.05) is 0 Å².